The monoisotopic (exact) mass is 287 g/mol. The Balaban J connectivity index is 1.92. The summed E-state index contributed by atoms with van der Waals surface area (Å²) in [5.74, 6) is 2.00. The van der Waals surface area contributed by atoms with Crippen molar-refractivity contribution in [2.75, 3.05) is 29.9 Å². The molecule has 1 aliphatic heterocycles. The van der Waals surface area contributed by atoms with Crippen LogP contribution in [-0.4, -0.2) is 44.1 Å². The molecule has 1 fully saturated rings. The van der Waals surface area contributed by atoms with Crippen LogP contribution in [0.15, 0.2) is 18.7 Å². The summed E-state index contributed by atoms with van der Waals surface area (Å²) in [5.41, 5.74) is 0. The second kappa shape index (κ2) is 6.51. The molecule has 0 atom stereocenters. The number of nitrogens with zero attached hydrogens (tertiary/aromatic N) is 6. The molecule has 0 amide bonds. The second-order valence-electron chi connectivity index (χ2n) is 5.20. The van der Waals surface area contributed by atoms with Crippen LogP contribution in [-0.2, 0) is 0 Å². The van der Waals surface area contributed by atoms with E-state index in [4.69, 9.17) is 0 Å². The molecule has 0 aromatic carbocycles. The summed E-state index contributed by atoms with van der Waals surface area (Å²) in [6.07, 6.45) is 10.00. The van der Waals surface area contributed by atoms with E-state index in [1.165, 1.54) is 19.3 Å². The molecule has 1 N–H and O–H groups in total. The average Bonchev–Trinajstić information content (AvgIpc) is 3.08. The number of hydrogen-bond acceptors (Lipinski definition) is 6. The third kappa shape index (κ3) is 3.29. The Morgan fingerprint density at radius 1 is 1.10 bits per heavy atom. The van der Waals surface area contributed by atoms with Gasteiger partial charge in [-0.25, -0.2) is 4.98 Å². The fourth-order valence-electron chi connectivity index (χ4n) is 2.40. The Kier molecular flexibility index (Phi) is 4.28. The van der Waals surface area contributed by atoms with Crippen molar-refractivity contribution >= 4 is 11.9 Å². The van der Waals surface area contributed by atoms with Crippen molar-refractivity contribution in [3.63, 3.8) is 0 Å². The first-order chi connectivity index (χ1) is 10.4. The quantitative estimate of drug-likeness (QED) is 0.905. The van der Waals surface area contributed by atoms with Gasteiger partial charge in [-0.15, -0.1) is 0 Å². The van der Waals surface area contributed by atoms with E-state index in [0.717, 1.165) is 32.0 Å². The summed E-state index contributed by atoms with van der Waals surface area (Å²) in [7, 11) is 0. The van der Waals surface area contributed by atoms with Crippen LogP contribution in [0.2, 0.25) is 0 Å². The van der Waals surface area contributed by atoms with Gasteiger partial charge in [-0.3, -0.25) is 4.57 Å². The lowest BCUT2D eigenvalue weighted by atomic mass is 10.1. The molecule has 21 heavy (non-hydrogen) atoms. The minimum atomic E-state index is 0.613. The smallest absolute Gasteiger partial charge is 0.241 e. The highest BCUT2D eigenvalue weighted by Gasteiger charge is 2.16. The zero-order valence-electron chi connectivity index (χ0n) is 12.4. The molecule has 112 valence electrons. The molecule has 0 unspecified atom stereocenters. The lowest BCUT2D eigenvalue weighted by Gasteiger charge is -2.27. The SMILES string of the molecule is CCCNc1nc(N2CCCCC2)nc(-n2ccnc2)n1. The molecule has 0 aliphatic carbocycles. The number of piperidine rings is 1. The molecular formula is C14H21N7. The van der Waals surface area contributed by atoms with Gasteiger partial charge in [-0.2, -0.15) is 15.0 Å². The first-order valence-corrected chi connectivity index (χ1v) is 7.60. The highest BCUT2D eigenvalue weighted by atomic mass is 15.3. The van der Waals surface area contributed by atoms with Crippen molar-refractivity contribution < 1.29 is 0 Å². The lowest BCUT2D eigenvalue weighted by Crippen LogP contribution is -2.31. The van der Waals surface area contributed by atoms with Gasteiger partial charge >= 0.3 is 0 Å². The normalized spacial score (nSPS) is 15.2. The van der Waals surface area contributed by atoms with Gasteiger partial charge in [0.05, 0.1) is 0 Å². The standard InChI is InChI=1S/C14H21N7/c1-2-6-16-12-17-13(20-8-4-3-5-9-20)19-14(18-12)21-10-7-15-11-21/h7,10-11H,2-6,8-9H2,1H3,(H,16,17,18,19). The zero-order chi connectivity index (χ0) is 14.5. The highest BCUT2D eigenvalue weighted by molar-refractivity contribution is 5.40. The second-order valence-corrected chi connectivity index (χ2v) is 5.20. The van der Waals surface area contributed by atoms with E-state index in [1.54, 1.807) is 12.5 Å². The number of imidazole rings is 1. The van der Waals surface area contributed by atoms with Gasteiger partial charge in [0.1, 0.15) is 6.33 Å². The van der Waals surface area contributed by atoms with Crippen LogP contribution in [0.1, 0.15) is 32.6 Å². The maximum Gasteiger partial charge on any atom is 0.241 e. The Labute approximate surface area is 124 Å². The van der Waals surface area contributed by atoms with Gasteiger partial charge in [0, 0.05) is 32.0 Å². The molecule has 3 heterocycles. The van der Waals surface area contributed by atoms with Crippen molar-refractivity contribution in [3.8, 4) is 5.95 Å². The van der Waals surface area contributed by atoms with Crippen LogP contribution in [0.3, 0.4) is 0 Å². The summed E-state index contributed by atoms with van der Waals surface area (Å²) in [6.45, 7) is 5.00. The van der Waals surface area contributed by atoms with E-state index in [2.05, 4.69) is 37.1 Å². The topological polar surface area (TPSA) is 71.8 Å². The minimum Gasteiger partial charge on any atom is -0.354 e. The molecule has 1 aliphatic rings. The van der Waals surface area contributed by atoms with E-state index in [-0.39, 0.29) is 0 Å². The molecule has 7 nitrogen and oxygen atoms in total. The van der Waals surface area contributed by atoms with Crippen molar-refractivity contribution in [1.82, 2.24) is 24.5 Å². The van der Waals surface area contributed by atoms with E-state index in [1.807, 2.05) is 10.8 Å². The molecule has 2 aromatic rings. The van der Waals surface area contributed by atoms with Crippen molar-refractivity contribution in [2.45, 2.75) is 32.6 Å². The summed E-state index contributed by atoms with van der Waals surface area (Å²) in [6, 6.07) is 0. The molecule has 0 radical (unpaired) electrons. The first-order valence-electron chi connectivity index (χ1n) is 7.60. The van der Waals surface area contributed by atoms with Crippen LogP contribution < -0.4 is 10.2 Å². The molecule has 2 aromatic heterocycles. The van der Waals surface area contributed by atoms with Gasteiger partial charge in [-0.05, 0) is 25.7 Å². The van der Waals surface area contributed by atoms with E-state index in [9.17, 15) is 0 Å². The Bertz CT molecular complexity index is 561. The van der Waals surface area contributed by atoms with E-state index in [0.29, 0.717) is 11.9 Å². The number of aromatic nitrogens is 5. The maximum absolute atomic E-state index is 4.59. The average molecular weight is 287 g/mol. The molecule has 1 saturated heterocycles. The Hall–Kier alpha value is -2.18. The van der Waals surface area contributed by atoms with Crippen LogP contribution in [0, 0.1) is 0 Å². The molecule has 7 heteroatoms. The maximum atomic E-state index is 4.59. The zero-order valence-corrected chi connectivity index (χ0v) is 12.4. The van der Waals surface area contributed by atoms with Crippen molar-refractivity contribution in [1.29, 1.82) is 0 Å². The summed E-state index contributed by atoms with van der Waals surface area (Å²) < 4.78 is 1.81. The number of hydrogen-bond donors (Lipinski definition) is 1. The molecule has 0 spiro atoms. The summed E-state index contributed by atoms with van der Waals surface area (Å²) in [4.78, 5) is 19.9. The van der Waals surface area contributed by atoms with E-state index < -0.39 is 0 Å². The number of nitrogens with one attached hydrogen (secondary N) is 1. The lowest BCUT2D eigenvalue weighted by molar-refractivity contribution is 0.567. The molecular weight excluding hydrogens is 266 g/mol. The van der Waals surface area contributed by atoms with E-state index >= 15 is 0 Å². The number of anilines is 2. The fraction of sp³-hybridized carbons (Fsp3) is 0.571. The van der Waals surface area contributed by atoms with Crippen LogP contribution in [0.4, 0.5) is 11.9 Å². The Morgan fingerprint density at radius 3 is 2.62 bits per heavy atom. The predicted molar refractivity (Wildman–Crippen MR) is 81.8 cm³/mol. The van der Waals surface area contributed by atoms with Gasteiger partial charge in [0.2, 0.25) is 17.8 Å². The highest BCUT2D eigenvalue weighted by Crippen LogP contribution is 2.18. The minimum absolute atomic E-state index is 0.613. The number of rotatable bonds is 5. The third-order valence-electron chi connectivity index (χ3n) is 3.52. The van der Waals surface area contributed by atoms with Crippen molar-refractivity contribution in [3.05, 3.63) is 18.7 Å². The first kappa shape index (κ1) is 13.8. The molecule has 0 bridgehead atoms. The molecule has 3 rings (SSSR count). The third-order valence-corrected chi connectivity index (χ3v) is 3.52. The van der Waals surface area contributed by atoms with Crippen LogP contribution in [0.25, 0.3) is 5.95 Å². The fourth-order valence-corrected chi connectivity index (χ4v) is 2.40. The van der Waals surface area contributed by atoms with Gasteiger partial charge in [0.15, 0.2) is 0 Å². The van der Waals surface area contributed by atoms with Gasteiger partial charge < -0.3 is 10.2 Å². The van der Waals surface area contributed by atoms with Crippen LogP contribution >= 0.6 is 0 Å². The summed E-state index contributed by atoms with van der Waals surface area (Å²) in [5, 5.41) is 3.25. The largest absolute Gasteiger partial charge is 0.354 e. The van der Waals surface area contributed by atoms with Crippen molar-refractivity contribution in [2.24, 2.45) is 0 Å². The Morgan fingerprint density at radius 2 is 1.90 bits per heavy atom. The summed E-state index contributed by atoms with van der Waals surface area (Å²) >= 11 is 0. The van der Waals surface area contributed by atoms with Crippen LogP contribution in [0.5, 0.6) is 0 Å². The van der Waals surface area contributed by atoms with Gasteiger partial charge in [-0.1, -0.05) is 6.92 Å². The predicted octanol–water partition coefficient (Wildman–Crippen LogP) is 1.87. The van der Waals surface area contributed by atoms with Gasteiger partial charge in [0.25, 0.3) is 0 Å². The molecule has 0 saturated carbocycles.